The van der Waals surface area contributed by atoms with Crippen LogP contribution < -0.4 is 10.2 Å². The Kier molecular flexibility index (Phi) is 7.87. The molecule has 7 nitrogen and oxygen atoms in total. The van der Waals surface area contributed by atoms with Gasteiger partial charge in [-0.2, -0.15) is 4.98 Å². The molecule has 34 heavy (non-hydrogen) atoms. The van der Waals surface area contributed by atoms with Crippen molar-refractivity contribution in [3.8, 4) is 11.1 Å². The lowest BCUT2D eigenvalue weighted by Gasteiger charge is -2.29. The number of carbonyl (C=O) groups excluding carboxylic acids is 1. The fourth-order valence-corrected chi connectivity index (χ4v) is 3.90. The van der Waals surface area contributed by atoms with Crippen LogP contribution in [0.4, 0.5) is 21.8 Å². The molecule has 1 aliphatic rings. The number of aromatic nitrogens is 2. The summed E-state index contributed by atoms with van der Waals surface area (Å²) in [6.07, 6.45) is 4.90. The molecule has 9 heteroatoms. The number of hydrogen-bond acceptors (Lipinski definition) is 7. The second kappa shape index (κ2) is 11.2. The monoisotopic (exact) mass is 526 g/mol. The molecular weight excluding hydrogens is 503 g/mol. The fraction of sp³-hybridized carbons (Fsp3) is 0.240. The van der Waals surface area contributed by atoms with Crippen LogP contribution in [0, 0.1) is 5.82 Å². The summed E-state index contributed by atoms with van der Waals surface area (Å²) < 4.78 is 24.4. The van der Waals surface area contributed by atoms with E-state index in [1.165, 1.54) is 12.1 Å². The topological polar surface area (TPSA) is 76.6 Å². The van der Waals surface area contributed by atoms with Crippen LogP contribution in [0.2, 0.25) is 0 Å². The second-order valence-corrected chi connectivity index (χ2v) is 8.35. The maximum absolute atomic E-state index is 13.6. The van der Waals surface area contributed by atoms with Gasteiger partial charge in [-0.15, -0.1) is 0 Å². The van der Waals surface area contributed by atoms with Crippen LogP contribution in [0.5, 0.6) is 0 Å². The summed E-state index contributed by atoms with van der Waals surface area (Å²) in [5.41, 5.74) is 3.31. The number of nitrogens with one attached hydrogen (secondary N) is 1. The van der Waals surface area contributed by atoms with Crippen LogP contribution in [0.3, 0.4) is 0 Å². The standard InChI is InChI=1S/C25H24BrFN4O3/c1-2-34-23(32)9-6-17-4-3-5-18(14-17)20-16-28-25(29-19-7-8-22(27)21(26)15-19)30-24(20)31-10-12-33-13-11-31/h3-9,14-16H,2,10-13H2,1H3,(H,28,29,30)/b9-6+. The van der Waals surface area contributed by atoms with Gasteiger partial charge in [0, 0.05) is 36.6 Å². The molecule has 0 radical (unpaired) electrons. The maximum Gasteiger partial charge on any atom is 0.330 e. The molecule has 1 aromatic heterocycles. The number of ether oxygens (including phenoxy) is 2. The van der Waals surface area contributed by atoms with Crippen molar-refractivity contribution in [2.75, 3.05) is 43.1 Å². The van der Waals surface area contributed by atoms with Crippen LogP contribution in [-0.2, 0) is 14.3 Å². The first-order valence-electron chi connectivity index (χ1n) is 10.9. The van der Waals surface area contributed by atoms with Crippen LogP contribution in [-0.4, -0.2) is 48.8 Å². The average molecular weight is 527 g/mol. The quantitative estimate of drug-likeness (QED) is 0.334. The van der Waals surface area contributed by atoms with Crippen molar-refractivity contribution in [1.82, 2.24) is 9.97 Å². The number of halogens is 2. The Morgan fingerprint density at radius 3 is 2.85 bits per heavy atom. The van der Waals surface area contributed by atoms with Crippen LogP contribution in [0.25, 0.3) is 17.2 Å². The third-order valence-corrected chi connectivity index (χ3v) is 5.76. The van der Waals surface area contributed by atoms with E-state index in [0.29, 0.717) is 49.0 Å². The molecule has 0 atom stereocenters. The molecule has 1 saturated heterocycles. The Balaban J connectivity index is 1.67. The van der Waals surface area contributed by atoms with Gasteiger partial charge in [0.05, 0.1) is 24.3 Å². The van der Waals surface area contributed by atoms with Gasteiger partial charge in [0.15, 0.2) is 0 Å². The SMILES string of the molecule is CCOC(=O)/C=C/c1cccc(-c2cnc(Nc3ccc(F)c(Br)c3)nc2N2CCOCC2)c1. The van der Waals surface area contributed by atoms with Gasteiger partial charge in [0.25, 0.3) is 0 Å². The summed E-state index contributed by atoms with van der Waals surface area (Å²) in [4.78, 5) is 23.1. The summed E-state index contributed by atoms with van der Waals surface area (Å²) >= 11 is 3.20. The van der Waals surface area contributed by atoms with Crippen molar-refractivity contribution >= 4 is 45.4 Å². The average Bonchev–Trinajstić information content (AvgIpc) is 2.86. The van der Waals surface area contributed by atoms with Crippen LogP contribution in [0.1, 0.15) is 12.5 Å². The molecule has 0 saturated carbocycles. The highest BCUT2D eigenvalue weighted by Gasteiger charge is 2.19. The van der Waals surface area contributed by atoms with Gasteiger partial charge in [-0.05, 0) is 64.3 Å². The zero-order valence-corrected chi connectivity index (χ0v) is 20.2. The third-order valence-electron chi connectivity index (χ3n) is 5.15. The number of rotatable bonds is 7. The molecule has 1 N–H and O–H groups in total. The zero-order valence-electron chi connectivity index (χ0n) is 18.6. The summed E-state index contributed by atoms with van der Waals surface area (Å²) in [6.45, 7) is 4.73. The molecule has 2 aromatic carbocycles. The summed E-state index contributed by atoms with van der Waals surface area (Å²) in [5, 5.41) is 3.15. The number of benzene rings is 2. The van der Waals surface area contributed by atoms with E-state index < -0.39 is 0 Å². The first-order valence-corrected chi connectivity index (χ1v) is 11.7. The highest BCUT2D eigenvalue weighted by molar-refractivity contribution is 9.10. The van der Waals surface area contributed by atoms with Crippen molar-refractivity contribution in [2.24, 2.45) is 0 Å². The first kappa shape index (κ1) is 23.8. The van der Waals surface area contributed by atoms with Crippen molar-refractivity contribution in [3.05, 3.63) is 70.6 Å². The summed E-state index contributed by atoms with van der Waals surface area (Å²) in [6, 6.07) is 12.4. The fourth-order valence-electron chi connectivity index (χ4n) is 3.52. The van der Waals surface area contributed by atoms with E-state index in [0.717, 1.165) is 22.5 Å². The second-order valence-electron chi connectivity index (χ2n) is 7.50. The Hall–Kier alpha value is -3.30. The molecule has 0 spiro atoms. The van der Waals surface area contributed by atoms with E-state index in [2.05, 4.69) is 31.1 Å². The molecule has 0 bridgehead atoms. The smallest absolute Gasteiger partial charge is 0.330 e. The molecule has 1 fully saturated rings. The van der Waals surface area contributed by atoms with Crippen molar-refractivity contribution in [1.29, 1.82) is 0 Å². The lowest BCUT2D eigenvalue weighted by molar-refractivity contribution is -0.137. The van der Waals surface area contributed by atoms with Gasteiger partial charge in [-0.1, -0.05) is 18.2 Å². The van der Waals surface area contributed by atoms with Gasteiger partial charge in [-0.3, -0.25) is 0 Å². The predicted octanol–water partition coefficient (Wildman–Crippen LogP) is 5.20. The number of anilines is 3. The number of nitrogens with zero attached hydrogens (tertiary/aromatic N) is 3. The Morgan fingerprint density at radius 2 is 2.09 bits per heavy atom. The predicted molar refractivity (Wildman–Crippen MR) is 134 cm³/mol. The van der Waals surface area contributed by atoms with E-state index in [9.17, 15) is 9.18 Å². The van der Waals surface area contributed by atoms with E-state index in [1.807, 2.05) is 24.3 Å². The van der Waals surface area contributed by atoms with Crippen LogP contribution >= 0.6 is 15.9 Å². The number of esters is 1. The number of carbonyl (C=O) groups is 1. The molecule has 3 aromatic rings. The minimum atomic E-state index is -0.381. The lowest BCUT2D eigenvalue weighted by atomic mass is 10.0. The molecule has 0 aliphatic carbocycles. The molecule has 4 rings (SSSR count). The lowest BCUT2D eigenvalue weighted by Crippen LogP contribution is -2.37. The summed E-state index contributed by atoms with van der Waals surface area (Å²) in [5.74, 6) is 0.455. The Bertz CT molecular complexity index is 1200. The molecule has 0 amide bonds. The van der Waals surface area contributed by atoms with Gasteiger partial charge >= 0.3 is 5.97 Å². The van der Waals surface area contributed by atoms with E-state index >= 15 is 0 Å². The van der Waals surface area contributed by atoms with Crippen molar-refractivity contribution in [3.63, 3.8) is 0 Å². The largest absolute Gasteiger partial charge is 0.463 e. The zero-order chi connectivity index (χ0) is 23.9. The van der Waals surface area contributed by atoms with E-state index in [-0.39, 0.29) is 11.8 Å². The van der Waals surface area contributed by atoms with Crippen molar-refractivity contribution < 1.29 is 18.7 Å². The highest BCUT2D eigenvalue weighted by atomic mass is 79.9. The molecule has 2 heterocycles. The molecule has 176 valence electrons. The first-order chi connectivity index (χ1) is 16.5. The highest BCUT2D eigenvalue weighted by Crippen LogP contribution is 2.32. The van der Waals surface area contributed by atoms with Crippen molar-refractivity contribution in [2.45, 2.75) is 6.92 Å². The van der Waals surface area contributed by atoms with E-state index in [4.69, 9.17) is 14.5 Å². The Morgan fingerprint density at radius 1 is 1.26 bits per heavy atom. The molecular formula is C25H24BrFN4O3. The van der Waals surface area contributed by atoms with E-state index in [1.54, 1.807) is 31.3 Å². The Labute approximate surface area is 205 Å². The molecule has 1 aliphatic heterocycles. The third kappa shape index (κ3) is 5.98. The van der Waals surface area contributed by atoms with Gasteiger partial charge in [0.1, 0.15) is 11.6 Å². The maximum atomic E-state index is 13.6. The normalized spacial score (nSPS) is 13.8. The van der Waals surface area contributed by atoms with Gasteiger partial charge < -0.3 is 19.7 Å². The number of hydrogen-bond donors (Lipinski definition) is 1. The van der Waals surface area contributed by atoms with Crippen LogP contribution in [0.15, 0.2) is 59.2 Å². The minimum absolute atomic E-state index is 0.332. The molecule has 0 unspecified atom stereocenters. The van der Waals surface area contributed by atoms with Gasteiger partial charge in [0.2, 0.25) is 5.95 Å². The number of morpholine rings is 1. The van der Waals surface area contributed by atoms with Gasteiger partial charge in [-0.25, -0.2) is 14.2 Å². The minimum Gasteiger partial charge on any atom is -0.463 e. The summed E-state index contributed by atoms with van der Waals surface area (Å²) in [7, 11) is 0.